The molecule has 1 amide bonds. The number of sulfonamides is 1. The number of fused-ring (bicyclic) bond motifs is 1. The first kappa shape index (κ1) is 23.5. The van der Waals surface area contributed by atoms with Crippen molar-refractivity contribution >= 4 is 54.2 Å². The zero-order valence-corrected chi connectivity index (χ0v) is 20.8. The Kier molecular flexibility index (Phi) is 6.49. The lowest BCUT2D eigenvalue weighted by atomic mass is 9.96. The van der Waals surface area contributed by atoms with E-state index in [0.717, 1.165) is 27.5 Å². The zero-order valence-electron chi connectivity index (χ0n) is 18.4. The SMILES string of the molecule is O=C(C1CCN(S(=O)(=O)c2ccc(F)cc2)CC1)N1CCN(c2nc3ccc(Cl)cc3s2)CC1. The van der Waals surface area contributed by atoms with Crippen LogP contribution in [0.25, 0.3) is 10.2 Å². The summed E-state index contributed by atoms with van der Waals surface area (Å²) in [5.41, 5.74) is 0.922. The zero-order chi connectivity index (χ0) is 23.9. The van der Waals surface area contributed by atoms with Gasteiger partial charge in [-0.2, -0.15) is 4.31 Å². The molecule has 0 N–H and O–H groups in total. The third-order valence-corrected chi connectivity index (χ3v) is 9.68. The van der Waals surface area contributed by atoms with E-state index in [-0.39, 0.29) is 29.8 Å². The lowest BCUT2D eigenvalue weighted by Gasteiger charge is -2.38. The highest BCUT2D eigenvalue weighted by atomic mass is 35.5. The Balaban J connectivity index is 1.16. The summed E-state index contributed by atoms with van der Waals surface area (Å²) in [6.07, 6.45) is 0.968. The van der Waals surface area contributed by atoms with Crippen LogP contribution in [0.15, 0.2) is 47.4 Å². The maximum atomic E-state index is 13.2. The van der Waals surface area contributed by atoms with E-state index in [4.69, 9.17) is 16.6 Å². The summed E-state index contributed by atoms with van der Waals surface area (Å²) in [5.74, 6) is -0.568. The average molecular weight is 523 g/mol. The highest BCUT2D eigenvalue weighted by Gasteiger charge is 2.35. The molecule has 1 aromatic heterocycles. The van der Waals surface area contributed by atoms with Gasteiger partial charge < -0.3 is 9.80 Å². The number of aromatic nitrogens is 1. The van der Waals surface area contributed by atoms with E-state index in [1.165, 1.54) is 16.4 Å². The quantitative estimate of drug-likeness (QED) is 0.520. The van der Waals surface area contributed by atoms with Gasteiger partial charge in [-0.15, -0.1) is 0 Å². The predicted octanol–water partition coefficient (Wildman–Crippen LogP) is 3.84. The Labute approximate surface area is 206 Å². The molecule has 0 bridgehead atoms. The van der Waals surface area contributed by atoms with Gasteiger partial charge in [0.25, 0.3) is 0 Å². The van der Waals surface area contributed by atoms with Crippen molar-refractivity contribution in [3.05, 3.63) is 53.3 Å². The fourth-order valence-corrected chi connectivity index (χ4v) is 7.26. The molecule has 2 fully saturated rings. The molecule has 11 heteroatoms. The number of carbonyl (C=O) groups excluding carboxylic acids is 1. The first-order valence-electron chi connectivity index (χ1n) is 11.2. The van der Waals surface area contributed by atoms with Crippen molar-refractivity contribution in [2.75, 3.05) is 44.2 Å². The number of halogens is 2. The first-order valence-corrected chi connectivity index (χ1v) is 13.8. The Bertz CT molecular complexity index is 1300. The van der Waals surface area contributed by atoms with Crippen LogP contribution >= 0.6 is 22.9 Å². The van der Waals surface area contributed by atoms with E-state index >= 15 is 0 Å². The van der Waals surface area contributed by atoms with Crippen LogP contribution in [0.1, 0.15) is 12.8 Å². The van der Waals surface area contributed by atoms with E-state index in [1.54, 1.807) is 11.3 Å². The molecule has 0 aliphatic carbocycles. The minimum absolute atomic E-state index is 0.0758. The van der Waals surface area contributed by atoms with E-state index in [1.807, 2.05) is 23.1 Å². The number of piperidine rings is 1. The first-order chi connectivity index (χ1) is 16.3. The van der Waals surface area contributed by atoms with Crippen LogP contribution in [0.4, 0.5) is 9.52 Å². The lowest BCUT2D eigenvalue weighted by Crippen LogP contribution is -2.52. The van der Waals surface area contributed by atoms with Crippen molar-refractivity contribution in [3.63, 3.8) is 0 Å². The highest BCUT2D eigenvalue weighted by molar-refractivity contribution is 7.89. The molecule has 3 heterocycles. The number of anilines is 1. The van der Waals surface area contributed by atoms with Crippen LogP contribution in [-0.4, -0.2) is 67.8 Å². The Morgan fingerprint density at radius 3 is 2.35 bits per heavy atom. The van der Waals surface area contributed by atoms with Crippen molar-refractivity contribution < 1.29 is 17.6 Å². The Hall–Kier alpha value is -2.27. The van der Waals surface area contributed by atoms with Gasteiger partial charge in [-0.25, -0.2) is 17.8 Å². The fourth-order valence-electron chi connectivity index (χ4n) is 4.50. The Morgan fingerprint density at radius 1 is 1.00 bits per heavy atom. The predicted molar refractivity (Wildman–Crippen MR) is 131 cm³/mol. The summed E-state index contributed by atoms with van der Waals surface area (Å²) in [6.45, 7) is 3.20. The number of rotatable bonds is 4. The van der Waals surface area contributed by atoms with Gasteiger partial charge >= 0.3 is 0 Å². The third kappa shape index (κ3) is 4.64. The van der Waals surface area contributed by atoms with Crippen LogP contribution in [0.3, 0.4) is 0 Å². The van der Waals surface area contributed by atoms with Gasteiger partial charge in [-0.05, 0) is 55.3 Å². The van der Waals surface area contributed by atoms with Gasteiger partial charge in [-0.3, -0.25) is 4.79 Å². The maximum Gasteiger partial charge on any atom is 0.243 e. The Morgan fingerprint density at radius 2 is 1.68 bits per heavy atom. The standard InChI is InChI=1S/C23H24ClFN4O3S2/c24-17-1-6-20-21(15-17)33-23(26-20)28-13-11-27(12-14-28)22(30)16-7-9-29(10-8-16)34(31,32)19-4-2-18(25)3-5-19/h1-6,15-16H,7-14H2. The molecule has 0 atom stereocenters. The highest BCUT2D eigenvalue weighted by Crippen LogP contribution is 2.32. The number of carbonyl (C=O) groups is 1. The molecule has 0 unspecified atom stereocenters. The van der Waals surface area contributed by atoms with Gasteiger partial charge in [0.15, 0.2) is 5.13 Å². The van der Waals surface area contributed by atoms with Gasteiger partial charge in [0, 0.05) is 50.2 Å². The molecule has 2 aromatic carbocycles. The second-order valence-electron chi connectivity index (χ2n) is 8.55. The van der Waals surface area contributed by atoms with E-state index in [0.29, 0.717) is 44.0 Å². The molecular weight excluding hydrogens is 499 g/mol. The normalized spacial score (nSPS) is 18.5. The van der Waals surface area contributed by atoms with Crippen LogP contribution in [0, 0.1) is 11.7 Å². The molecule has 0 saturated carbocycles. The number of benzene rings is 2. The molecule has 34 heavy (non-hydrogen) atoms. The number of hydrogen-bond donors (Lipinski definition) is 0. The summed E-state index contributed by atoms with van der Waals surface area (Å²) >= 11 is 7.68. The minimum Gasteiger partial charge on any atom is -0.345 e. The average Bonchev–Trinajstić information content (AvgIpc) is 3.27. The van der Waals surface area contributed by atoms with Crippen molar-refractivity contribution in [2.45, 2.75) is 17.7 Å². The number of amides is 1. The summed E-state index contributed by atoms with van der Waals surface area (Å²) in [5, 5.41) is 1.62. The van der Waals surface area contributed by atoms with Gasteiger partial charge in [0.1, 0.15) is 5.82 Å². The van der Waals surface area contributed by atoms with Crippen LogP contribution in [-0.2, 0) is 14.8 Å². The largest absolute Gasteiger partial charge is 0.345 e. The topological polar surface area (TPSA) is 73.8 Å². The van der Waals surface area contributed by atoms with Crippen LogP contribution < -0.4 is 4.90 Å². The number of thiazole rings is 1. The molecule has 3 aromatic rings. The molecule has 7 nitrogen and oxygen atoms in total. The molecule has 2 aliphatic rings. The monoisotopic (exact) mass is 522 g/mol. The summed E-state index contributed by atoms with van der Waals surface area (Å²) < 4.78 is 41.2. The molecule has 5 rings (SSSR count). The molecular formula is C23H24ClFN4O3S2. The fraction of sp³-hybridized carbons (Fsp3) is 0.391. The van der Waals surface area contributed by atoms with Crippen LogP contribution in [0.5, 0.6) is 0 Å². The second kappa shape index (κ2) is 9.41. The smallest absolute Gasteiger partial charge is 0.243 e. The van der Waals surface area contributed by atoms with Crippen molar-refractivity contribution in [2.24, 2.45) is 5.92 Å². The molecule has 0 spiro atoms. The lowest BCUT2D eigenvalue weighted by molar-refractivity contribution is -0.137. The summed E-state index contributed by atoms with van der Waals surface area (Å²) in [6, 6.07) is 10.5. The van der Waals surface area contributed by atoms with E-state index in [9.17, 15) is 17.6 Å². The summed E-state index contributed by atoms with van der Waals surface area (Å²) in [7, 11) is -3.68. The number of piperazine rings is 1. The minimum atomic E-state index is -3.68. The number of hydrogen-bond acceptors (Lipinski definition) is 6. The van der Waals surface area contributed by atoms with E-state index < -0.39 is 15.8 Å². The summed E-state index contributed by atoms with van der Waals surface area (Å²) in [4.78, 5) is 22.0. The van der Waals surface area contributed by atoms with Gasteiger partial charge in [0.2, 0.25) is 15.9 Å². The van der Waals surface area contributed by atoms with Gasteiger partial charge in [0.05, 0.1) is 15.1 Å². The van der Waals surface area contributed by atoms with E-state index in [2.05, 4.69) is 4.90 Å². The molecule has 2 aliphatic heterocycles. The maximum absolute atomic E-state index is 13.2. The number of nitrogens with zero attached hydrogens (tertiary/aromatic N) is 4. The van der Waals surface area contributed by atoms with Crippen molar-refractivity contribution in [1.82, 2.24) is 14.2 Å². The second-order valence-corrected chi connectivity index (χ2v) is 11.9. The van der Waals surface area contributed by atoms with Crippen molar-refractivity contribution in [3.8, 4) is 0 Å². The third-order valence-electron chi connectivity index (χ3n) is 6.46. The molecule has 2 saturated heterocycles. The van der Waals surface area contributed by atoms with Crippen molar-refractivity contribution in [1.29, 1.82) is 0 Å². The van der Waals surface area contributed by atoms with Crippen LogP contribution in [0.2, 0.25) is 5.02 Å². The molecule has 180 valence electrons. The molecule has 0 radical (unpaired) electrons. The van der Waals surface area contributed by atoms with Gasteiger partial charge in [-0.1, -0.05) is 22.9 Å².